The first-order valence-corrected chi connectivity index (χ1v) is 8.29. The molecule has 118 valence electrons. The minimum atomic E-state index is -0.200. The zero-order chi connectivity index (χ0) is 15.9. The van der Waals surface area contributed by atoms with E-state index in [4.69, 9.17) is 4.74 Å². The average Bonchev–Trinajstić information content (AvgIpc) is 2.54. The number of amides is 1. The zero-order valence-corrected chi connectivity index (χ0v) is 14.2. The lowest BCUT2D eigenvalue weighted by Gasteiger charge is -2.30. The van der Waals surface area contributed by atoms with Crippen LogP contribution < -0.4 is 0 Å². The smallest absolute Gasteiger partial charge is 0.310 e. The summed E-state index contributed by atoms with van der Waals surface area (Å²) < 4.78 is 6.00. The summed E-state index contributed by atoms with van der Waals surface area (Å²) in [4.78, 5) is 25.8. The summed E-state index contributed by atoms with van der Waals surface area (Å²) in [5.41, 5.74) is 0.954. The molecule has 1 fully saturated rings. The molecule has 1 aromatic rings. The van der Waals surface area contributed by atoms with Crippen molar-refractivity contribution >= 4 is 33.9 Å². The zero-order valence-electron chi connectivity index (χ0n) is 12.6. The summed E-state index contributed by atoms with van der Waals surface area (Å²) in [5, 5.41) is 0. The van der Waals surface area contributed by atoms with Gasteiger partial charge in [-0.3, -0.25) is 9.59 Å². The van der Waals surface area contributed by atoms with Gasteiger partial charge in [0.25, 0.3) is 0 Å². The number of hydrogen-bond acceptors (Lipinski definition) is 3. The van der Waals surface area contributed by atoms with Gasteiger partial charge in [0.05, 0.1) is 12.5 Å². The van der Waals surface area contributed by atoms with Crippen molar-refractivity contribution in [1.29, 1.82) is 0 Å². The lowest BCUT2D eigenvalue weighted by atomic mass is 9.98. The SMILES string of the molecule is CCOC(=O)C1CCCN(C(=O)/C=C/c2ccccc2Br)C1. The predicted octanol–water partition coefficient (Wildman–Crippen LogP) is 3.26. The number of piperidine rings is 1. The molecule has 1 atom stereocenters. The number of esters is 1. The fraction of sp³-hybridized carbons (Fsp3) is 0.412. The third-order valence-corrected chi connectivity index (χ3v) is 4.39. The second-order valence-corrected chi connectivity index (χ2v) is 6.08. The van der Waals surface area contributed by atoms with E-state index in [9.17, 15) is 9.59 Å². The van der Waals surface area contributed by atoms with Crippen LogP contribution in [0.3, 0.4) is 0 Å². The number of halogens is 1. The number of hydrogen-bond donors (Lipinski definition) is 0. The van der Waals surface area contributed by atoms with Gasteiger partial charge < -0.3 is 9.64 Å². The van der Waals surface area contributed by atoms with Gasteiger partial charge in [-0.15, -0.1) is 0 Å². The lowest BCUT2D eigenvalue weighted by Crippen LogP contribution is -2.42. The standard InChI is InChI=1S/C17H20BrNO3/c1-2-22-17(21)14-7-5-11-19(12-14)16(20)10-9-13-6-3-4-8-15(13)18/h3-4,6,8-10,14H,2,5,7,11-12H2,1H3/b10-9+. The van der Waals surface area contributed by atoms with Crippen molar-refractivity contribution in [1.82, 2.24) is 4.90 Å². The van der Waals surface area contributed by atoms with E-state index in [1.54, 1.807) is 24.0 Å². The Bertz CT molecular complexity index is 571. The molecule has 1 aliphatic heterocycles. The highest BCUT2D eigenvalue weighted by Crippen LogP contribution is 2.20. The fourth-order valence-electron chi connectivity index (χ4n) is 2.51. The highest BCUT2D eigenvalue weighted by molar-refractivity contribution is 9.10. The van der Waals surface area contributed by atoms with E-state index in [-0.39, 0.29) is 17.8 Å². The fourth-order valence-corrected chi connectivity index (χ4v) is 2.92. The van der Waals surface area contributed by atoms with Crippen molar-refractivity contribution in [2.24, 2.45) is 5.92 Å². The molecule has 1 saturated heterocycles. The monoisotopic (exact) mass is 365 g/mol. The number of benzene rings is 1. The number of nitrogens with zero attached hydrogens (tertiary/aromatic N) is 1. The molecule has 1 aliphatic rings. The van der Waals surface area contributed by atoms with Crippen LogP contribution in [0.15, 0.2) is 34.8 Å². The molecule has 1 amide bonds. The highest BCUT2D eigenvalue weighted by Gasteiger charge is 2.28. The summed E-state index contributed by atoms with van der Waals surface area (Å²) in [6.07, 6.45) is 4.97. The summed E-state index contributed by atoms with van der Waals surface area (Å²) in [6, 6.07) is 7.72. The minimum Gasteiger partial charge on any atom is -0.466 e. The number of rotatable bonds is 4. The maximum absolute atomic E-state index is 12.3. The highest BCUT2D eigenvalue weighted by atomic mass is 79.9. The van der Waals surface area contributed by atoms with Gasteiger partial charge in [-0.2, -0.15) is 0 Å². The van der Waals surface area contributed by atoms with E-state index < -0.39 is 0 Å². The Hall–Kier alpha value is -1.62. The topological polar surface area (TPSA) is 46.6 Å². The predicted molar refractivity (Wildman–Crippen MR) is 89.1 cm³/mol. The van der Waals surface area contributed by atoms with Gasteiger partial charge in [-0.05, 0) is 37.5 Å². The molecule has 2 rings (SSSR count). The Morgan fingerprint density at radius 1 is 1.41 bits per heavy atom. The van der Waals surface area contributed by atoms with Crippen LogP contribution in [0, 0.1) is 5.92 Å². The van der Waals surface area contributed by atoms with Crippen molar-refractivity contribution < 1.29 is 14.3 Å². The van der Waals surface area contributed by atoms with E-state index in [1.165, 1.54) is 0 Å². The molecule has 0 aromatic heterocycles. The molecule has 0 aliphatic carbocycles. The molecule has 0 bridgehead atoms. The molecule has 0 saturated carbocycles. The summed E-state index contributed by atoms with van der Waals surface area (Å²) >= 11 is 3.45. The van der Waals surface area contributed by atoms with E-state index in [2.05, 4.69) is 15.9 Å². The summed E-state index contributed by atoms with van der Waals surface area (Å²) in [7, 11) is 0. The van der Waals surface area contributed by atoms with Gasteiger partial charge in [0, 0.05) is 23.6 Å². The summed E-state index contributed by atoms with van der Waals surface area (Å²) in [5.74, 6) is -0.464. The third kappa shape index (κ3) is 4.44. The molecular weight excluding hydrogens is 346 g/mol. The third-order valence-electron chi connectivity index (χ3n) is 3.66. The number of carbonyl (C=O) groups is 2. The van der Waals surface area contributed by atoms with Crippen LogP contribution in [0.2, 0.25) is 0 Å². The first-order valence-electron chi connectivity index (χ1n) is 7.50. The van der Waals surface area contributed by atoms with Crippen LogP contribution in [0.5, 0.6) is 0 Å². The molecule has 0 N–H and O–H groups in total. The largest absolute Gasteiger partial charge is 0.466 e. The van der Waals surface area contributed by atoms with E-state index >= 15 is 0 Å². The molecule has 22 heavy (non-hydrogen) atoms. The Kier molecular flexibility index (Phi) is 6.19. The van der Waals surface area contributed by atoms with Crippen LogP contribution >= 0.6 is 15.9 Å². The van der Waals surface area contributed by atoms with Gasteiger partial charge in [0.1, 0.15) is 0 Å². The van der Waals surface area contributed by atoms with Crippen molar-refractivity contribution in [2.75, 3.05) is 19.7 Å². The van der Waals surface area contributed by atoms with Crippen LogP contribution in [0.25, 0.3) is 6.08 Å². The van der Waals surface area contributed by atoms with Crippen molar-refractivity contribution in [3.63, 3.8) is 0 Å². The molecule has 1 heterocycles. The molecule has 0 spiro atoms. The lowest BCUT2D eigenvalue weighted by molar-refractivity contribution is -0.150. The van der Waals surface area contributed by atoms with E-state index in [0.29, 0.717) is 19.7 Å². The first-order chi connectivity index (χ1) is 10.6. The van der Waals surface area contributed by atoms with Crippen molar-refractivity contribution in [3.8, 4) is 0 Å². The molecular formula is C17H20BrNO3. The van der Waals surface area contributed by atoms with E-state index in [0.717, 1.165) is 22.9 Å². The quantitative estimate of drug-likeness (QED) is 0.607. The van der Waals surface area contributed by atoms with Crippen molar-refractivity contribution in [2.45, 2.75) is 19.8 Å². The van der Waals surface area contributed by atoms with Gasteiger partial charge in [0.15, 0.2) is 0 Å². The number of carbonyl (C=O) groups excluding carboxylic acids is 2. The number of likely N-dealkylation sites (tertiary alicyclic amines) is 1. The Balaban J connectivity index is 1.97. The minimum absolute atomic E-state index is 0.0650. The van der Waals surface area contributed by atoms with Gasteiger partial charge in [-0.25, -0.2) is 0 Å². The van der Waals surface area contributed by atoms with Crippen LogP contribution in [-0.2, 0) is 14.3 Å². The second kappa shape index (κ2) is 8.13. The normalized spacial score (nSPS) is 18.5. The molecule has 0 radical (unpaired) electrons. The van der Waals surface area contributed by atoms with Gasteiger partial charge in [-0.1, -0.05) is 34.1 Å². The van der Waals surface area contributed by atoms with Crippen LogP contribution in [0.1, 0.15) is 25.3 Å². The number of ether oxygens (including phenoxy) is 1. The first kappa shape index (κ1) is 16.7. The van der Waals surface area contributed by atoms with Gasteiger partial charge >= 0.3 is 5.97 Å². The second-order valence-electron chi connectivity index (χ2n) is 5.23. The van der Waals surface area contributed by atoms with Crippen LogP contribution in [0.4, 0.5) is 0 Å². The summed E-state index contributed by atoms with van der Waals surface area (Å²) in [6.45, 7) is 3.31. The van der Waals surface area contributed by atoms with Crippen LogP contribution in [-0.4, -0.2) is 36.5 Å². The molecule has 1 unspecified atom stereocenters. The maximum atomic E-state index is 12.3. The molecule has 4 nitrogen and oxygen atoms in total. The average molecular weight is 366 g/mol. The van der Waals surface area contributed by atoms with E-state index in [1.807, 2.05) is 24.3 Å². The maximum Gasteiger partial charge on any atom is 0.310 e. The molecule has 5 heteroatoms. The molecule has 1 aromatic carbocycles. The Labute approximate surface area is 139 Å². The van der Waals surface area contributed by atoms with Crippen molar-refractivity contribution in [3.05, 3.63) is 40.4 Å². The Morgan fingerprint density at radius 2 is 2.18 bits per heavy atom. The Morgan fingerprint density at radius 3 is 2.91 bits per heavy atom. The van der Waals surface area contributed by atoms with Gasteiger partial charge in [0.2, 0.25) is 5.91 Å².